The first kappa shape index (κ1) is 19.1. The van der Waals surface area contributed by atoms with Crippen LogP contribution in [0.3, 0.4) is 0 Å². The third kappa shape index (κ3) is 2.78. The fraction of sp³-hybridized carbons (Fsp3) is 0.200. The fourth-order valence-corrected chi connectivity index (χ4v) is 5.63. The Hall–Kier alpha value is -3.58. The van der Waals surface area contributed by atoms with Crippen molar-refractivity contribution in [3.8, 4) is 0 Å². The lowest BCUT2D eigenvalue weighted by Crippen LogP contribution is -2.24. The third-order valence-corrected chi connectivity index (χ3v) is 7.13. The molecule has 0 atom stereocenters. The molecular formula is C25H20N4O2S. The molecule has 1 aliphatic carbocycles. The number of rotatable bonds is 3. The number of thiazole rings is 1. The number of hydrogen-bond acceptors (Lipinski definition) is 5. The monoisotopic (exact) mass is 440 g/mol. The molecule has 0 saturated heterocycles. The van der Waals surface area contributed by atoms with Gasteiger partial charge in [-0.2, -0.15) is 0 Å². The minimum absolute atomic E-state index is 0.0956. The summed E-state index contributed by atoms with van der Waals surface area (Å²) in [6.07, 6.45) is 3.69. The van der Waals surface area contributed by atoms with Crippen molar-refractivity contribution in [1.29, 1.82) is 0 Å². The maximum Gasteiger partial charge on any atom is 0.262 e. The van der Waals surface area contributed by atoms with Crippen LogP contribution in [0.15, 0.2) is 47.4 Å². The first-order valence-electron chi connectivity index (χ1n) is 10.7. The van der Waals surface area contributed by atoms with Gasteiger partial charge in [-0.25, -0.2) is 9.97 Å². The summed E-state index contributed by atoms with van der Waals surface area (Å²) in [6.45, 7) is 4.45. The van der Waals surface area contributed by atoms with Crippen LogP contribution in [-0.4, -0.2) is 20.4 Å². The standard InChI is InChI=1S/C25H20N4O2S/c1-3-29-12-18(22(30)17-10-7-13(2)26-23(17)29)24(31)28-25-27-21-16-6-4-5-14-8-9-15(20(14)16)11-19(21)32-25/h4-7,10-12H,3,8-9H2,1-2H3,(H,27,28,31). The SMILES string of the molecule is CCn1cc(C(=O)Nc2nc3c(cc4c5c(cccc53)CC4)s2)c(=O)c2ccc(C)nc21. The molecule has 0 unspecified atom stereocenters. The molecule has 7 heteroatoms. The maximum absolute atomic E-state index is 13.1. The van der Waals surface area contributed by atoms with E-state index in [0.29, 0.717) is 22.7 Å². The van der Waals surface area contributed by atoms with Crippen LogP contribution >= 0.6 is 11.3 Å². The van der Waals surface area contributed by atoms with Gasteiger partial charge in [0.15, 0.2) is 5.13 Å². The van der Waals surface area contributed by atoms with E-state index in [2.05, 4.69) is 34.6 Å². The third-order valence-electron chi connectivity index (χ3n) is 6.22. The first-order valence-corrected chi connectivity index (χ1v) is 11.5. The van der Waals surface area contributed by atoms with Gasteiger partial charge < -0.3 is 4.57 Å². The number of benzene rings is 2. The number of aromatic nitrogens is 3. The van der Waals surface area contributed by atoms with Gasteiger partial charge in [0.25, 0.3) is 5.91 Å². The molecular weight excluding hydrogens is 420 g/mol. The highest BCUT2D eigenvalue weighted by Crippen LogP contribution is 2.39. The van der Waals surface area contributed by atoms with Crippen molar-refractivity contribution < 1.29 is 4.79 Å². The molecule has 0 aliphatic heterocycles. The van der Waals surface area contributed by atoms with E-state index in [0.717, 1.165) is 34.1 Å². The van der Waals surface area contributed by atoms with Crippen LogP contribution in [0.2, 0.25) is 0 Å². The predicted octanol–water partition coefficient (Wildman–Crippen LogP) is 4.84. The molecule has 6 rings (SSSR count). The van der Waals surface area contributed by atoms with Crippen LogP contribution in [-0.2, 0) is 19.4 Å². The Labute approximate surface area is 187 Å². The van der Waals surface area contributed by atoms with Gasteiger partial charge in [-0.15, -0.1) is 0 Å². The van der Waals surface area contributed by atoms with Crippen molar-refractivity contribution >= 4 is 54.4 Å². The summed E-state index contributed by atoms with van der Waals surface area (Å²) in [6, 6.07) is 12.1. The molecule has 0 saturated carbocycles. The molecule has 0 fully saturated rings. The molecule has 1 aliphatic rings. The molecule has 2 aromatic carbocycles. The van der Waals surface area contributed by atoms with E-state index in [4.69, 9.17) is 4.98 Å². The van der Waals surface area contributed by atoms with Crippen LogP contribution in [0.5, 0.6) is 0 Å². The maximum atomic E-state index is 13.1. The largest absolute Gasteiger partial charge is 0.332 e. The van der Waals surface area contributed by atoms with Crippen molar-refractivity contribution in [1.82, 2.24) is 14.5 Å². The number of carbonyl (C=O) groups is 1. The molecule has 5 aromatic rings. The van der Waals surface area contributed by atoms with Crippen molar-refractivity contribution in [2.45, 2.75) is 33.2 Å². The molecule has 1 amide bonds. The number of hydrogen-bond donors (Lipinski definition) is 1. The minimum Gasteiger partial charge on any atom is -0.332 e. The predicted molar refractivity (Wildman–Crippen MR) is 129 cm³/mol. The second kappa shape index (κ2) is 6.97. The van der Waals surface area contributed by atoms with Crippen LogP contribution in [0, 0.1) is 6.92 Å². The zero-order chi connectivity index (χ0) is 22.0. The van der Waals surface area contributed by atoms with Crippen molar-refractivity contribution in [2.24, 2.45) is 0 Å². The van der Waals surface area contributed by atoms with E-state index < -0.39 is 5.91 Å². The summed E-state index contributed by atoms with van der Waals surface area (Å²) in [7, 11) is 0. The van der Waals surface area contributed by atoms with E-state index in [1.807, 2.05) is 18.4 Å². The molecule has 6 nitrogen and oxygen atoms in total. The summed E-state index contributed by atoms with van der Waals surface area (Å²) in [5.41, 5.74) is 4.80. The van der Waals surface area contributed by atoms with Crippen molar-refractivity contribution in [3.05, 3.63) is 75.2 Å². The Bertz CT molecular complexity index is 1650. The molecule has 32 heavy (non-hydrogen) atoms. The zero-order valence-corrected chi connectivity index (χ0v) is 18.5. The molecule has 3 heterocycles. The number of nitrogens with zero attached hydrogens (tertiary/aromatic N) is 3. The van der Waals surface area contributed by atoms with Crippen LogP contribution < -0.4 is 10.7 Å². The lowest BCUT2D eigenvalue weighted by Gasteiger charge is -2.11. The number of amides is 1. The van der Waals surface area contributed by atoms with Crippen LogP contribution in [0.1, 0.15) is 34.1 Å². The van der Waals surface area contributed by atoms with E-state index >= 15 is 0 Å². The van der Waals surface area contributed by atoms with E-state index in [9.17, 15) is 9.59 Å². The average Bonchev–Trinajstić information content (AvgIpc) is 3.39. The van der Waals surface area contributed by atoms with Gasteiger partial charge in [-0.05, 0) is 61.4 Å². The second-order valence-corrected chi connectivity index (χ2v) is 9.21. The number of pyridine rings is 2. The number of aryl methyl sites for hydroxylation is 4. The van der Waals surface area contributed by atoms with Gasteiger partial charge in [-0.3, -0.25) is 14.9 Å². The molecule has 3 aromatic heterocycles. The summed E-state index contributed by atoms with van der Waals surface area (Å²) >= 11 is 1.44. The van der Waals surface area contributed by atoms with E-state index in [-0.39, 0.29) is 11.0 Å². The van der Waals surface area contributed by atoms with E-state index in [1.54, 1.807) is 18.3 Å². The topological polar surface area (TPSA) is 76.9 Å². The summed E-state index contributed by atoms with van der Waals surface area (Å²) in [4.78, 5) is 35.4. The Morgan fingerprint density at radius 1 is 1.12 bits per heavy atom. The van der Waals surface area contributed by atoms with E-state index in [1.165, 1.54) is 27.8 Å². The Kier molecular flexibility index (Phi) is 4.16. The zero-order valence-electron chi connectivity index (χ0n) is 17.7. The minimum atomic E-state index is -0.448. The highest BCUT2D eigenvalue weighted by Gasteiger charge is 2.21. The fourth-order valence-electron chi connectivity index (χ4n) is 4.69. The van der Waals surface area contributed by atoms with Crippen LogP contribution in [0.4, 0.5) is 5.13 Å². The Balaban J connectivity index is 1.44. The highest BCUT2D eigenvalue weighted by atomic mass is 32.1. The van der Waals surface area contributed by atoms with Gasteiger partial charge in [-0.1, -0.05) is 29.5 Å². The highest BCUT2D eigenvalue weighted by molar-refractivity contribution is 7.22. The Morgan fingerprint density at radius 2 is 1.97 bits per heavy atom. The van der Waals surface area contributed by atoms with Gasteiger partial charge in [0.05, 0.1) is 15.6 Å². The number of fused-ring (bicyclic) bond motifs is 3. The number of nitrogens with one attached hydrogen (secondary N) is 1. The quantitative estimate of drug-likeness (QED) is 0.436. The smallest absolute Gasteiger partial charge is 0.262 e. The van der Waals surface area contributed by atoms with Gasteiger partial charge in [0, 0.05) is 23.8 Å². The summed E-state index contributed by atoms with van der Waals surface area (Å²) < 4.78 is 2.88. The number of anilines is 1. The average molecular weight is 441 g/mol. The van der Waals surface area contributed by atoms with Crippen LogP contribution in [0.25, 0.3) is 32.0 Å². The van der Waals surface area contributed by atoms with Gasteiger partial charge in [0.2, 0.25) is 5.43 Å². The second-order valence-electron chi connectivity index (χ2n) is 8.18. The first-order chi connectivity index (χ1) is 15.5. The number of carbonyl (C=O) groups excluding carboxylic acids is 1. The Morgan fingerprint density at radius 3 is 2.81 bits per heavy atom. The lowest BCUT2D eigenvalue weighted by molar-refractivity contribution is 0.102. The van der Waals surface area contributed by atoms with Gasteiger partial charge >= 0.3 is 0 Å². The molecule has 0 radical (unpaired) electrons. The molecule has 1 N–H and O–H groups in total. The molecule has 0 bridgehead atoms. The van der Waals surface area contributed by atoms with Crippen molar-refractivity contribution in [2.75, 3.05) is 5.32 Å². The molecule has 158 valence electrons. The normalized spacial score (nSPS) is 12.8. The summed E-state index contributed by atoms with van der Waals surface area (Å²) in [5.74, 6) is -0.448. The van der Waals surface area contributed by atoms with Crippen molar-refractivity contribution in [3.63, 3.8) is 0 Å². The molecule has 0 spiro atoms. The van der Waals surface area contributed by atoms with Gasteiger partial charge in [0.1, 0.15) is 11.2 Å². The summed E-state index contributed by atoms with van der Waals surface area (Å²) in [5, 5.41) is 6.24. The lowest BCUT2D eigenvalue weighted by atomic mass is 10.0.